The molecule has 201 valence electrons. The molecule has 0 aliphatic heterocycles. The van der Waals surface area contributed by atoms with Crippen LogP contribution in [0.1, 0.15) is 51.4 Å². The predicted octanol–water partition coefficient (Wildman–Crippen LogP) is 8.46. The van der Waals surface area contributed by atoms with Crippen molar-refractivity contribution in [3.8, 4) is 0 Å². The normalized spacial score (nSPS) is 13.6. The van der Waals surface area contributed by atoms with E-state index < -0.39 is 16.1 Å². The van der Waals surface area contributed by atoms with Crippen LogP contribution in [0.5, 0.6) is 0 Å². The van der Waals surface area contributed by atoms with Crippen LogP contribution in [0.25, 0.3) is 0 Å². The predicted molar refractivity (Wildman–Crippen MR) is 171 cm³/mol. The minimum atomic E-state index is -1.17. The minimum absolute atomic E-state index is 0. The fraction of sp³-hybridized carbons (Fsp3) is 0.229. The van der Waals surface area contributed by atoms with E-state index in [1.807, 2.05) is 72.8 Å². The molecule has 1 radical (unpaired) electrons. The standard InChI is InChI=1S/C13H12P.C12H11OP.2C5H9.Ti/c1-14(12-8-4-2-5-9-12)13-10-6-3-7-11-13;13-14(11-7-3-1-4-8-11)12-9-5-2-6-10-12;2*1-2-4-5-3-1;/h2-11H,1H2;1-10,13H;2*1H,2-5H2;/q-1;;2*-1;+3. The Labute approximate surface area is 255 Å². The maximum atomic E-state index is 10.1. The molecule has 0 saturated heterocycles. The molecule has 0 heterocycles. The fourth-order valence-corrected chi connectivity index (χ4v) is 6.67. The summed E-state index contributed by atoms with van der Waals surface area (Å²) in [5, 5.41) is 4.64. The number of hydrogen-bond acceptors (Lipinski definition) is 1. The zero-order valence-electron chi connectivity index (χ0n) is 22.9. The zero-order chi connectivity index (χ0) is 26.7. The number of rotatable bonds is 4. The van der Waals surface area contributed by atoms with E-state index in [0.717, 1.165) is 10.6 Å². The second-order valence-electron chi connectivity index (χ2n) is 9.23. The molecule has 1 N–H and O–H groups in total. The average molecular weight is 588 g/mol. The molecule has 0 spiro atoms. The van der Waals surface area contributed by atoms with Gasteiger partial charge in [0, 0.05) is 10.6 Å². The Hall–Kier alpha value is -1.59. The van der Waals surface area contributed by atoms with Gasteiger partial charge in [0.15, 0.2) is 0 Å². The molecule has 4 heteroatoms. The summed E-state index contributed by atoms with van der Waals surface area (Å²) < 4.78 is 0. The van der Waals surface area contributed by atoms with E-state index in [0.29, 0.717) is 0 Å². The maximum Gasteiger partial charge on any atom is 3.00 e. The molecule has 0 aromatic heterocycles. The number of hydrogen-bond donors (Lipinski definition) is 1. The van der Waals surface area contributed by atoms with E-state index in [1.54, 1.807) is 0 Å². The summed E-state index contributed by atoms with van der Waals surface area (Å²) in [6.45, 7) is 4.24. The first-order valence-corrected chi connectivity index (χ1v) is 16.5. The van der Waals surface area contributed by atoms with Gasteiger partial charge in [0.2, 0.25) is 0 Å². The molecule has 39 heavy (non-hydrogen) atoms. The van der Waals surface area contributed by atoms with Gasteiger partial charge < -0.3 is 24.4 Å². The van der Waals surface area contributed by atoms with Crippen LogP contribution < -0.4 is 21.2 Å². The van der Waals surface area contributed by atoms with Crippen molar-refractivity contribution in [2.75, 3.05) is 0 Å². The molecule has 2 saturated carbocycles. The molecule has 2 fully saturated rings. The Kier molecular flexibility index (Phi) is 18.3. The third-order valence-electron chi connectivity index (χ3n) is 6.27. The van der Waals surface area contributed by atoms with Crippen LogP contribution in [0.15, 0.2) is 121 Å². The first-order chi connectivity index (χ1) is 18.8. The molecule has 0 amide bonds. The summed E-state index contributed by atoms with van der Waals surface area (Å²) in [6, 6.07) is 40.5. The van der Waals surface area contributed by atoms with Gasteiger partial charge in [0.05, 0.1) is 8.15 Å². The Morgan fingerprint density at radius 1 is 0.462 bits per heavy atom. The van der Waals surface area contributed by atoms with Crippen LogP contribution in [0.3, 0.4) is 0 Å². The molecular formula is C35H41OP2Ti. The maximum absolute atomic E-state index is 10.1. The second-order valence-corrected chi connectivity index (χ2v) is 12.8. The Bertz CT molecular complexity index is 901. The smallest absolute Gasteiger partial charge is 0.364 e. The molecule has 2 aliphatic carbocycles. The van der Waals surface area contributed by atoms with E-state index in [2.05, 4.69) is 68.0 Å². The van der Waals surface area contributed by atoms with E-state index in [9.17, 15) is 4.89 Å². The summed E-state index contributed by atoms with van der Waals surface area (Å²) in [5.74, 6) is 0. The van der Waals surface area contributed by atoms with Gasteiger partial charge in [-0.2, -0.15) is 25.7 Å². The van der Waals surface area contributed by atoms with Crippen molar-refractivity contribution in [1.82, 2.24) is 0 Å². The first-order valence-electron chi connectivity index (χ1n) is 13.7. The van der Waals surface area contributed by atoms with Crippen molar-refractivity contribution in [2.24, 2.45) is 0 Å². The molecular weight excluding hydrogens is 546 g/mol. The molecule has 0 bridgehead atoms. The molecule has 0 unspecified atom stereocenters. The molecule has 4 aromatic rings. The van der Waals surface area contributed by atoms with Crippen molar-refractivity contribution < 1.29 is 26.6 Å². The van der Waals surface area contributed by atoms with Crippen molar-refractivity contribution in [1.29, 1.82) is 0 Å². The summed E-state index contributed by atoms with van der Waals surface area (Å²) in [4.78, 5) is 10.1. The van der Waals surface area contributed by atoms with E-state index in [1.165, 1.54) is 62.0 Å². The van der Waals surface area contributed by atoms with Crippen LogP contribution in [-0.4, -0.2) is 4.89 Å². The second kappa shape index (κ2) is 21.2. The molecule has 1 nitrogen and oxygen atoms in total. The van der Waals surface area contributed by atoms with E-state index in [4.69, 9.17) is 0 Å². The Morgan fingerprint density at radius 2 is 0.718 bits per heavy atom. The Balaban J connectivity index is 0.000000199. The molecule has 2 aliphatic rings. The zero-order valence-corrected chi connectivity index (χ0v) is 26.3. The number of benzene rings is 4. The van der Waals surface area contributed by atoms with Crippen molar-refractivity contribution in [3.63, 3.8) is 0 Å². The van der Waals surface area contributed by atoms with Gasteiger partial charge in [-0.05, 0) is 0 Å². The van der Waals surface area contributed by atoms with Gasteiger partial charge in [0.25, 0.3) is 0 Å². The summed E-state index contributed by atoms with van der Waals surface area (Å²) in [7, 11) is -1.59. The third-order valence-corrected chi connectivity index (χ3v) is 9.69. The van der Waals surface area contributed by atoms with Gasteiger partial charge in [-0.1, -0.05) is 158 Å². The SMILES string of the molecule is OP(c1ccccc1)c1ccccc1.[CH-]1CCCC1.[CH-]1CCCC1.[CH2-]P(c1ccccc1)c1ccccc1.[Ti+3]. The molecule has 6 rings (SSSR count). The molecule has 4 aromatic carbocycles. The van der Waals surface area contributed by atoms with Gasteiger partial charge >= 0.3 is 21.7 Å². The van der Waals surface area contributed by atoms with E-state index >= 15 is 0 Å². The fourth-order valence-electron chi connectivity index (χ4n) is 4.10. The quantitative estimate of drug-likeness (QED) is 0.144. The van der Waals surface area contributed by atoms with Crippen LogP contribution >= 0.6 is 16.1 Å². The average Bonchev–Trinajstić information content (AvgIpc) is 3.79. The monoisotopic (exact) mass is 587 g/mol. The van der Waals surface area contributed by atoms with Crippen molar-refractivity contribution >= 4 is 37.3 Å². The first kappa shape index (κ1) is 33.6. The third kappa shape index (κ3) is 13.6. The van der Waals surface area contributed by atoms with Crippen LogP contribution in [0, 0.1) is 19.5 Å². The largest absolute Gasteiger partial charge is 3.00 e. The van der Waals surface area contributed by atoms with Crippen molar-refractivity contribution in [3.05, 3.63) is 141 Å². The summed E-state index contributed by atoms with van der Waals surface area (Å²) >= 11 is 0. The minimum Gasteiger partial charge on any atom is -0.364 e. The Morgan fingerprint density at radius 3 is 0.949 bits per heavy atom. The molecule has 0 atom stereocenters. The van der Waals surface area contributed by atoms with Crippen molar-refractivity contribution in [2.45, 2.75) is 51.4 Å². The van der Waals surface area contributed by atoms with Crippen LogP contribution in [0.2, 0.25) is 0 Å². The summed E-state index contributed by atoms with van der Waals surface area (Å²) in [5.41, 5.74) is 0. The van der Waals surface area contributed by atoms with Crippen LogP contribution in [0.4, 0.5) is 0 Å². The van der Waals surface area contributed by atoms with Gasteiger partial charge in [0.1, 0.15) is 0 Å². The van der Waals surface area contributed by atoms with Gasteiger partial charge in [-0.25, -0.2) is 7.92 Å². The van der Waals surface area contributed by atoms with Gasteiger partial charge in [-0.15, -0.1) is 0 Å². The van der Waals surface area contributed by atoms with Crippen LogP contribution in [-0.2, 0) is 21.7 Å². The van der Waals surface area contributed by atoms with E-state index in [-0.39, 0.29) is 21.7 Å². The topological polar surface area (TPSA) is 20.2 Å². The van der Waals surface area contributed by atoms with Gasteiger partial charge in [-0.3, -0.25) is 0 Å². The summed E-state index contributed by atoms with van der Waals surface area (Å²) in [6.07, 6.45) is 16.0.